The average molecular weight is 536 g/mol. The summed E-state index contributed by atoms with van der Waals surface area (Å²) in [6.07, 6.45) is 6.36. The minimum Gasteiger partial charge on any atom is -0.495 e. The summed E-state index contributed by atoms with van der Waals surface area (Å²) in [5, 5.41) is 0.660. The van der Waals surface area contributed by atoms with Gasteiger partial charge >= 0.3 is 0 Å². The van der Waals surface area contributed by atoms with Gasteiger partial charge in [-0.1, -0.05) is 37.6 Å². The molecule has 0 aliphatic carbocycles. The van der Waals surface area contributed by atoms with Crippen LogP contribution >= 0.6 is 11.6 Å². The summed E-state index contributed by atoms with van der Waals surface area (Å²) in [4.78, 5) is 9.63. The third-order valence-corrected chi connectivity index (χ3v) is 8.24. The van der Waals surface area contributed by atoms with Crippen LogP contribution in [0.25, 0.3) is 0 Å². The number of methoxy groups -OCH3 is 1. The summed E-state index contributed by atoms with van der Waals surface area (Å²) in [6, 6.07) is 17.6. The lowest BCUT2D eigenvalue weighted by molar-refractivity contribution is 0.0712. The van der Waals surface area contributed by atoms with Crippen molar-refractivity contribution in [2.24, 2.45) is 0 Å². The van der Waals surface area contributed by atoms with E-state index in [2.05, 4.69) is 52.9 Å². The number of benzene rings is 2. The molecule has 3 aromatic rings. The Hall–Kier alpha value is -2.76. The second-order valence-electron chi connectivity index (χ2n) is 9.93. The highest BCUT2D eigenvalue weighted by Crippen LogP contribution is 2.40. The van der Waals surface area contributed by atoms with Crippen LogP contribution in [-0.2, 0) is 6.42 Å². The van der Waals surface area contributed by atoms with Gasteiger partial charge in [0.05, 0.1) is 18.7 Å². The highest BCUT2D eigenvalue weighted by atomic mass is 35.5. The molecule has 0 amide bonds. The number of fused-ring (bicyclic) bond motifs is 1. The fraction of sp³-hybridized carbons (Fsp3) is 0.469. The molecule has 2 atom stereocenters. The second kappa shape index (κ2) is 13.3. The van der Waals surface area contributed by atoms with Crippen LogP contribution < -0.4 is 14.4 Å². The molecule has 2 aliphatic rings. The van der Waals surface area contributed by atoms with Gasteiger partial charge in [0.2, 0.25) is 0 Å². The average Bonchev–Trinajstić information content (AvgIpc) is 2.97. The van der Waals surface area contributed by atoms with Crippen LogP contribution in [0.4, 0.5) is 5.69 Å². The number of ether oxygens (including phenoxy) is 2. The molecule has 5 rings (SSSR count). The van der Waals surface area contributed by atoms with Gasteiger partial charge in [-0.2, -0.15) is 0 Å². The number of nitrogens with zero attached hydrogens (tertiary/aromatic N) is 3. The van der Waals surface area contributed by atoms with E-state index in [1.807, 2.05) is 44.3 Å². The van der Waals surface area contributed by atoms with Crippen LogP contribution in [0.5, 0.6) is 11.5 Å². The van der Waals surface area contributed by atoms with Crippen molar-refractivity contribution in [3.8, 4) is 11.5 Å². The fourth-order valence-electron chi connectivity index (χ4n) is 5.81. The van der Waals surface area contributed by atoms with Crippen molar-refractivity contribution in [1.82, 2.24) is 9.88 Å². The summed E-state index contributed by atoms with van der Waals surface area (Å²) in [5.41, 5.74) is 6.32. The van der Waals surface area contributed by atoms with Crippen LogP contribution in [0, 0.1) is 13.8 Å². The van der Waals surface area contributed by atoms with E-state index in [0.717, 1.165) is 43.2 Å². The normalized spacial score (nSPS) is 19.3. The van der Waals surface area contributed by atoms with E-state index in [0.29, 0.717) is 23.7 Å². The van der Waals surface area contributed by atoms with E-state index in [-0.39, 0.29) is 0 Å². The molecule has 2 unspecified atom stereocenters. The molecular formula is C32H42ClN3O2. The summed E-state index contributed by atoms with van der Waals surface area (Å²) in [6.45, 7) is 12.2. The van der Waals surface area contributed by atoms with E-state index < -0.39 is 0 Å². The molecule has 0 saturated carbocycles. The van der Waals surface area contributed by atoms with Gasteiger partial charge in [0.25, 0.3) is 0 Å². The molecule has 3 heterocycles. The van der Waals surface area contributed by atoms with E-state index in [9.17, 15) is 0 Å². The topological polar surface area (TPSA) is 37.8 Å². The van der Waals surface area contributed by atoms with Gasteiger partial charge in [-0.3, -0.25) is 9.88 Å². The molecule has 2 aromatic carbocycles. The van der Waals surface area contributed by atoms with Gasteiger partial charge in [0.1, 0.15) is 11.5 Å². The number of hydrogen-bond donors (Lipinski definition) is 0. The number of halogens is 1. The lowest BCUT2D eigenvalue weighted by atomic mass is 9.86. The molecule has 6 heteroatoms. The Morgan fingerprint density at radius 2 is 1.82 bits per heavy atom. The van der Waals surface area contributed by atoms with Crippen molar-refractivity contribution < 1.29 is 9.47 Å². The predicted octanol–water partition coefficient (Wildman–Crippen LogP) is 7.42. The van der Waals surface area contributed by atoms with Crippen molar-refractivity contribution in [3.63, 3.8) is 0 Å². The molecular weight excluding hydrogens is 494 g/mol. The third-order valence-electron chi connectivity index (χ3n) is 7.92. The molecule has 2 saturated heterocycles. The van der Waals surface area contributed by atoms with Gasteiger partial charge < -0.3 is 14.4 Å². The van der Waals surface area contributed by atoms with Gasteiger partial charge in [-0.15, -0.1) is 0 Å². The minimum absolute atomic E-state index is 0.465. The lowest BCUT2D eigenvalue weighted by Gasteiger charge is -2.49. The molecule has 0 spiro atoms. The first-order valence-electron chi connectivity index (χ1n) is 14.0. The Morgan fingerprint density at radius 3 is 2.58 bits per heavy atom. The van der Waals surface area contributed by atoms with Crippen molar-refractivity contribution >= 4 is 17.3 Å². The standard InChI is InChI=1S/C30H36ClN3O2.C2H6/c1-21-22(2)29(36-18-14-23-7-4-5-15-32-23)13-11-26(21)28-9-6-8-25-20-33(16-17-34(25)28)24-10-12-27(31)30(19-24)35-3;1-2/h4-5,7,10-13,15,19,25,28H,6,8-9,14,16-18,20H2,1-3H3;1-2H3. The third kappa shape index (κ3) is 6.27. The van der Waals surface area contributed by atoms with Crippen LogP contribution in [0.1, 0.15) is 61.5 Å². The molecule has 0 bridgehead atoms. The van der Waals surface area contributed by atoms with Crippen LogP contribution in [0.15, 0.2) is 54.7 Å². The van der Waals surface area contributed by atoms with Gasteiger partial charge in [-0.25, -0.2) is 0 Å². The smallest absolute Gasteiger partial charge is 0.139 e. The summed E-state index contributed by atoms with van der Waals surface area (Å²) in [5.74, 6) is 1.73. The Morgan fingerprint density at radius 1 is 0.974 bits per heavy atom. The summed E-state index contributed by atoms with van der Waals surface area (Å²) < 4.78 is 11.6. The van der Waals surface area contributed by atoms with Crippen LogP contribution in [-0.4, -0.2) is 49.3 Å². The number of aromatic nitrogens is 1. The number of rotatable bonds is 7. The van der Waals surface area contributed by atoms with Crippen LogP contribution in [0.2, 0.25) is 5.02 Å². The van der Waals surface area contributed by atoms with Gasteiger partial charge in [0.15, 0.2) is 0 Å². The maximum absolute atomic E-state index is 6.26. The first-order valence-corrected chi connectivity index (χ1v) is 14.4. The van der Waals surface area contributed by atoms with Crippen molar-refractivity contribution in [2.45, 2.75) is 65.5 Å². The Labute approximate surface area is 233 Å². The number of hydrogen-bond acceptors (Lipinski definition) is 5. The molecule has 38 heavy (non-hydrogen) atoms. The highest BCUT2D eigenvalue weighted by Gasteiger charge is 2.36. The minimum atomic E-state index is 0.465. The Balaban J connectivity index is 0.00000164. The molecule has 0 radical (unpaired) electrons. The first kappa shape index (κ1) is 28.3. The monoisotopic (exact) mass is 535 g/mol. The fourth-order valence-corrected chi connectivity index (χ4v) is 6.00. The van der Waals surface area contributed by atoms with Crippen molar-refractivity contribution in [3.05, 3.63) is 82.1 Å². The zero-order valence-corrected chi connectivity index (χ0v) is 24.3. The zero-order valence-electron chi connectivity index (χ0n) is 23.5. The van der Waals surface area contributed by atoms with Crippen molar-refractivity contribution in [2.75, 3.05) is 38.3 Å². The summed E-state index contributed by atoms with van der Waals surface area (Å²) >= 11 is 6.26. The second-order valence-corrected chi connectivity index (χ2v) is 10.3. The molecule has 0 N–H and O–H groups in total. The maximum atomic E-state index is 6.26. The molecule has 1 aromatic heterocycles. The lowest BCUT2D eigenvalue weighted by Crippen LogP contribution is -2.56. The number of piperidine rings is 1. The number of pyridine rings is 1. The molecule has 5 nitrogen and oxygen atoms in total. The van der Waals surface area contributed by atoms with Gasteiger partial charge in [-0.05, 0) is 80.1 Å². The van der Waals surface area contributed by atoms with E-state index >= 15 is 0 Å². The quantitative estimate of drug-likeness (QED) is 0.314. The first-order chi connectivity index (χ1) is 18.5. The highest BCUT2D eigenvalue weighted by molar-refractivity contribution is 6.32. The van der Waals surface area contributed by atoms with Crippen LogP contribution in [0.3, 0.4) is 0 Å². The van der Waals surface area contributed by atoms with E-state index in [1.54, 1.807) is 7.11 Å². The molecule has 2 fully saturated rings. The maximum Gasteiger partial charge on any atom is 0.139 e. The number of anilines is 1. The predicted molar refractivity (Wildman–Crippen MR) is 158 cm³/mol. The zero-order chi connectivity index (χ0) is 27.1. The van der Waals surface area contributed by atoms with E-state index in [1.165, 1.54) is 41.6 Å². The van der Waals surface area contributed by atoms with Crippen molar-refractivity contribution in [1.29, 1.82) is 0 Å². The largest absolute Gasteiger partial charge is 0.495 e. The Bertz CT molecular complexity index is 1190. The SMILES string of the molecule is CC.COc1cc(N2CCN3C(CCCC3c3ccc(OCCc4ccccn4)c(C)c3C)C2)ccc1Cl. The molecule has 204 valence electrons. The summed E-state index contributed by atoms with van der Waals surface area (Å²) in [7, 11) is 1.68. The number of piperazine rings is 1. The van der Waals surface area contributed by atoms with Gasteiger partial charge in [0, 0.05) is 61.8 Å². The molecule has 2 aliphatic heterocycles. The Kier molecular flexibility index (Phi) is 9.92. The van der Waals surface area contributed by atoms with E-state index in [4.69, 9.17) is 21.1 Å².